The Bertz CT molecular complexity index is 1190. The van der Waals surface area contributed by atoms with Gasteiger partial charge in [0.2, 0.25) is 0 Å². The summed E-state index contributed by atoms with van der Waals surface area (Å²) in [5.41, 5.74) is 10.1. The van der Waals surface area contributed by atoms with Gasteiger partial charge in [0.15, 0.2) is 0 Å². The number of aromatic nitrogens is 2. The number of piperidine rings is 1. The first-order chi connectivity index (χ1) is 14.2. The number of carbonyl (C=O) groups excluding carboxylic acids is 1. The van der Waals surface area contributed by atoms with Crippen molar-refractivity contribution in [1.29, 1.82) is 0 Å². The van der Waals surface area contributed by atoms with Crippen molar-refractivity contribution in [2.24, 2.45) is 5.73 Å². The van der Waals surface area contributed by atoms with Crippen LogP contribution in [-0.2, 0) is 0 Å². The molecule has 1 aliphatic rings. The summed E-state index contributed by atoms with van der Waals surface area (Å²) in [5.74, 6) is 0.340. The lowest BCUT2D eigenvalue weighted by Gasteiger charge is -2.23. The Morgan fingerprint density at radius 1 is 1.07 bits per heavy atom. The van der Waals surface area contributed by atoms with Crippen molar-refractivity contribution in [3.63, 3.8) is 0 Å². The number of nitrogens with two attached hydrogens (primary N) is 1. The van der Waals surface area contributed by atoms with Crippen LogP contribution in [0.5, 0.6) is 5.75 Å². The maximum Gasteiger partial charge on any atom is 0.250 e. The summed E-state index contributed by atoms with van der Waals surface area (Å²) in [7, 11) is 0. The predicted molar refractivity (Wildman–Crippen MR) is 114 cm³/mol. The first-order valence-corrected chi connectivity index (χ1v) is 9.88. The highest BCUT2D eigenvalue weighted by Crippen LogP contribution is 2.32. The van der Waals surface area contributed by atoms with Crippen LogP contribution in [0.2, 0.25) is 0 Å². The van der Waals surface area contributed by atoms with Gasteiger partial charge in [-0.15, -0.1) is 0 Å². The van der Waals surface area contributed by atoms with Gasteiger partial charge in [-0.25, -0.2) is 4.98 Å². The molecule has 6 heteroatoms. The first kappa shape index (κ1) is 17.7. The van der Waals surface area contributed by atoms with Crippen molar-refractivity contribution in [3.05, 3.63) is 60.2 Å². The highest BCUT2D eigenvalue weighted by Gasteiger charge is 2.18. The standard InChI is InChI=1S/C23H22N4O2/c24-23(28)18-13-19(14-4-2-1-3-5-14)26-21-17-7-6-16(12-20(17)27-22(18)21)29-15-8-10-25-11-9-15/h1-7,12-13,15,25,27H,8-11H2,(H2,24,28). The molecule has 0 unspecified atom stereocenters. The van der Waals surface area contributed by atoms with Gasteiger partial charge in [0.05, 0.1) is 27.8 Å². The number of ether oxygens (including phenoxy) is 1. The van der Waals surface area contributed by atoms with Crippen molar-refractivity contribution in [2.45, 2.75) is 18.9 Å². The fourth-order valence-electron chi connectivity index (χ4n) is 3.96. The molecule has 0 aliphatic carbocycles. The first-order valence-electron chi connectivity index (χ1n) is 9.88. The molecule has 0 atom stereocenters. The molecule has 4 aromatic rings. The van der Waals surface area contributed by atoms with Gasteiger partial charge in [-0.05, 0) is 44.1 Å². The Hall–Kier alpha value is -3.38. The van der Waals surface area contributed by atoms with Gasteiger partial charge in [-0.3, -0.25) is 4.79 Å². The zero-order chi connectivity index (χ0) is 19.8. The van der Waals surface area contributed by atoms with Crippen LogP contribution in [0.25, 0.3) is 33.2 Å². The minimum atomic E-state index is -0.479. The molecule has 0 bridgehead atoms. The molecule has 0 spiro atoms. The van der Waals surface area contributed by atoms with Crippen LogP contribution in [-0.4, -0.2) is 35.1 Å². The van der Waals surface area contributed by atoms with E-state index in [0.717, 1.165) is 59.4 Å². The topological polar surface area (TPSA) is 93.0 Å². The van der Waals surface area contributed by atoms with E-state index in [0.29, 0.717) is 11.1 Å². The van der Waals surface area contributed by atoms with E-state index in [1.807, 2.05) is 48.5 Å². The lowest BCUT2D eigenvalue weighted by atomic mass is 10.1. The van der Waals surface area contributed by atoms with Crippen LogP contribution < -0.4 is 15.8 Å². The van der Waals surface area contributed by atoms with Gasteiger partial charge < -0.3 is 20.8 Å². The van der Waals surface area contributed by atoms with E-state index in [9.17, 15) is 4.79 Å². The monoisotopic (exact) mass is 386 g/mol. The highest BCUT2D eigenvalue weighted by atomic mass is 16.5. The average Bonchev–Trinajstić information content (AvgIpc) is 3.12. The van der Waals surface area contributed by atoms with Crippen molar-refractivity contribution < 1.29 is 9.53 Å². The third-order valence-electron chi connectivity index (χ3n) is 5.45. The Labute approximate surface area is 168 Å². The second kappa shape index (κ2) is 7.22. The summed E-state index contributed by atoms with van der Waals surface area (Å²) in [6.45, 7) is 1.96. The van der Waals surface area contributed by atoms with Gasteiger partial charge >= 0.3 is 0 Å². The van der Waals surface area contributed by atoms with E-state index in [2.05, 4.69) is 10.3 Å². The van der Waals surface area contributed by atoms with Gasteiger partial charge in [0.1, 0.15) is 11.9 Å². The van der Waals surface area contributed by atoms with Crippen LogP contribution in [0.15, 0.2) is 54.6 Å². The Kier molecular flexibility index (Phi) is 4.41. The minimum absolute atomic E-state index is 0.224. The summed E-state index contributed by atoms with van der Waals surface area (Å²) in [4.78, 5) is 20.3. The second-order valence-corrected chi connectivity index (χ2v) is 7.41. The predicted octanol–water partition coefficient (Wildman–Crippen LogP) is 3.61. The van der Waals surface area contributed by atoms with Crippen LogP contribution in [0, 0.1) is 0 Å². The summed E-state index contributed by atoms with van der Waals surface area (Å²) in [5, 5.41) is 4.29. The summed E-state index contributed by atoms with van der Waals surface area (Å²) in [6.07, 6.45) is 2.22. The van der Waals surface area contributed by atoms with Gasteiger partial charge in [0, 0.05) is 17.0 Å². The molecule has 2 aromatic carbocycles. The van der Waals surface area contributed by atoms with E-state index in [1.54, 1.807) is 6.07 Å². The van der Waals surface area contributed by atoms with Crippen molar-refractivity contribution >= 4 is 27.8 Å². The summed E-state index contributed by atoms with van der Waals surface area (Å²) < 4.78 is 6.16. The van der Waals surface area contributed by atoms with E-state index < -0.39 is 5.91 Å². The number of benzene rings is 2. The Balaban J connectivity index is 1.62. The smallest absolute Gasteiger partial charge is 0.250 e. The number of amides is 1. The lowest BCUT2D eigenvalue weighted by Crippen LogP contribution is -2.34. The zero-order valence-electron chi connectivity index (χ0n) is 15.9. The maximum absolute atomic E-state index is 12.1. The lowest BCUT2D eigenvalue weighted by molar-refractivity contribution is 0.100. The van der Waals surface area contributed by atoms with Crippen LogP contribution in [0.1, 0.15) is 23.2 Å². The normalized spacial score (nSPS) is 15.0. The molecular weight excluding hydrogens is 364 g/mol. The second-order valence-electron chi connectivity index (χ2n) is 7.41. The average molecular weight is 386 g/mol. The molecule has 5 rings (SSSR count). The van der Waals surface area contributed by atoms with Gasteiger partial charge in [-0.1, -0.05) is 30.3 Å². The van der Waals surface area contributed by atoms with Crippen LogP contribution >= 0.6 is 0 Å². The number of nitrogens with zero attached hydrogens (tertiary/aromatic N) is 1. The van der Waals surface area contributed by atoms with Crippen LogP contribution in [0.3, 0.4) is 0 Å². The number of primary amides is 1. The van der Waals surface area contributed by atoms with E-state index in [-0.39, 0.29) is 6.10 Å². The fraction of sp³-hybridized carbons (Fsp3) is 0.217. The third kappa shape index (κ3) is 3.32. The van der Waals surface area contributed by atoms with E-state index in [1.165, 1.54) is 0 Å². The van der Waals surface area contributed by atoms with Crippen LogP contribution in [0.4, 0.5) is 0 Å². The number of carbonyl (C=O) groups is 1. The summed E-state index contributed by atoms with van der Waals surface area (Å²) in [6, 6.07) is 17.5. The molecule has 0 radical (unpaired) electrons. The number of pyridine rings is 1. The zero-order valence-corrected chi connectivity index (χ0v) is 15.9. The fourth-order valence-corrected chi connectivity index (χ4v) is 3.96. The number of hydrogen-bond acceptors (Lipinski definition) is 4. The van der Waals surface area contributed by atoms with E-state index in [4.69, 9.17) is 15.5 Å². The quantitative estimate of drug-likeness (QED) is 0.499. The number of fused-ring (bicyclic) bond motifs is 3. The molecule has 2 aromatic heterocycles. The molecule has 29 heavy (non-hydrogen) atoms. The molecule has 1 amide bonds. The third-order valence-corrected chi connectivity index (χ3v) is 5.45. The largest absolute Gasteiger partial charge is 0.490 e. The Morgan fingerprint density at radius 3 is 2.62 bits per heavy atom. The number of nitrogens with one attached hydrogen (secondary N) is 2. The minimum Gasteiger partial charge on any atom is -0.490 e. The molecule has 146 valence electrons. The van der Waals surface area contributed by atoms with Gasteiger partial charge in [-0.2, -0.15) is 0 Å². The molecule has 4 N–H and O–H groups in total. The molecule has 1 fully saturated rings. The van der Waals surface area contributed by atoms with Crippen molar-refractivity contribution in [3.8, 4) is 17.0 Å². The number of rotatable bonds is 4. The number of hydrogen-bond donors (Lipinski definition) is 3. The van der Waals surface area contributed by atoms with Crippen molar-refractivity contribution in [1.82, 2.24) is 15.3 Å². The van der Waals surface area contributed by atoms with E-state index >= 15 is 0 Å². The van der Waals surface area contributed by atoms with Gasteiger partial charge in [0.25, 0.3) is 5.91 Å². The summed E-state index contributed by atoms with van der Waals surface area (Å²) >= 11 is 0. The molecule has 1 saturated heterocycles. The SMILES string of the molecule is NC(=O)c1cc(-c2ccccc2)nc2c1[nH]c1cc(OC3CCNCC3)ccc12. The number of aromatic amines is 1. The maximum atomic E-state index is 12.1. The highest BCUT2D eigenvalue weighted by molar-refractivity contribution is 6.14. The molecule has 3 heterocycles. The number of H-pyrrole nitrogens is 1. The molecule has 0 saturated carbocycles. The molecule has 1 aliphatic heterocycles. The molecular formula is C23H22N4O2. The Morgan fingerprint density at radius 2 is 1.86 bits per heavy atom. The van der Waals surface area contributed by atoms with Crippen molar-refractivity contribution in [2.75, 3.05) is 13.1 Å². The molecule has 6 nitrogen and oxygen atoms in total.